The second-order valence-corrected chi connectivity index (χ2v) is 37.3. The van der Waals surface area contributed by atoms with E-state index in [-0.39, 0.29) is 94.7 Å². The molecule has 3 aromatic carbocycles. The molecular formula is C92H126F2N22O19S2. The number of primary amides is 2. The number of hydrogen-bond acceptors (Lipinski definition) is 23. The van der Waals surface area contributed by atoms with E-state index in [9.17, 15) is 53.4 Å². The average Bonchev–Trinajstić information content (AvgIpc) is 1.63. The summed E-state index contributed by atoms with van der Waals surface area (Å²) < 4.78 is 33.0. The molecule has 0 spiro atoms. The molecule has 14 atom stereocenters. The number of aromatic hydroxyl groups is 1. The zero-order valence-corrected chi connectivity index (χ0v) is 79.5. The van der Waals surface area contributed by atoms with Gasteiger partial charge >= 0.3 is 0 Å². The summed E-state index contributed by atoms with van der Waals surface area (Å²) in [4.78, 5) is 266. The van der Waals surface area contributed by atoms with E-state index in [1.807, 2.05) is 32.0 Å². The van der Waals surface area contributed by atoms with Crippen molar-refractivity contribution in [2.75, 3.05) is 65.4 Å². The number of rotatable bonds is 26. The molecule has 6 aromatic rings. The number of nitrogens with two attached hydrogens (primary N) is 3. The Balaban J connectivity index is 1.11. The summed E-state index contributed by atoms with van der Waals surface area (Å²) in [6.45, 7) is 4.97. The maximum Gasteiger partial charge on any atom is 0.267 e. The number of thiophene rings is 1. The molecule has 0 bridgehead atoms. The van der Waals surface area contributed by atoms with Gasteiger partial charge in [0.25, 0.3) is 5.92 Å². The van der Waals surface area contributed by atoms with Crippen molar-refractivity contribution < 1.29 is 101 Å². The third-order valence-corrected chi connectivity index (χ3v) is 26.5. The molecule has 3 aliphatic heterocycles. The minimum Gasteiger partial charge on any atom is -0.508 e. The monoisotopic (exact) mass is 1940 g/mol. The van der Waals surface area contributed by atoms with Crippen molar-refractivity contribution >= 4 is 150 Å². The number of para-hydroxylation sites is 1. The van der Waals surface area contributed by atoms with E-state index in [2.05, 4.69) is 68.1 Å². The number of benzene rings is 3. The number of thioether (sulfide) groups is 1. The van der Waals surface area contributed by atoms with Gasteiger partial charge in [0.2, 0.25) is 94.5 Å². The molecule has 45 heteroatoms. The molecule has 0 saturated carbocycles. The summed E-state index contributed by atoms with van der Waals surface area (Å²) >= 11 is 2.07. The van der Waals surface area contributed by atoms with Gasteiger partial charge in [-0.1, -0.05) is 102 Å². The van der Waals surface area contributed by atoms with Gasteiger partial charge in [0.15, 0.2) is 11.7 Å². The zero-order chi connectivity index (χ0) is 100. The van der Waals surface area contributed by atoms with Gasteiger partial charge in [-0.25, -0.2) is 13.8 Å². The number of alkyl halides is 2. The number of Topliss-reactive ketones (excluding diaryl/α,β-unsaturated/α-hetero) is 1. The lowest BCUT2D eigenvalue weighted by atomic mass is 9.90. The number of aliphatic hydroxyl groups excluding tert-OH is 1. The van der Waals surface area contributed by atoms with Crippen molar-refractivity contribution in [3.63, 3.8) is 0 Å². The predicted octanol–water partition coefficient (Wildman–Crippen LogP) is 0.170. The summed E-state index contributed by atoms with van der Waals surface area (Å²) in [6.07, 6.45) is 1.61. The lowest BCUT2D eigenvalue weighted by molar-refractivity contribution is -0.149. The fourth-order valence-electron chi connectivity index (χ4n) is 16.9. The van der Waals surface area contributed by atoms with Gasteiger partial charge < -0.3 is 115 Å². The molecular weight excluding hydrogens is 1820 g/mol. The second kappa shape index (κ2) is 50.6. The number of nitrogens with zero attached hydrogens (tertiary/aromatic N) is 6. The number of unbranched alkanes of at least 4 members (excludes halogenated alkanes) is 2. The van der Waals surface area contributed by atoms with Crippen LogP contribution in [0, 0.1) is 17.2 Å². The number of likely N-dealkylation sites (N-methyl/N-ethyl adjacent to an activating group) is 3. The summed E-state index contributed by atoms with van der Waals surface area (Å²) in [5.74, 6) is -24.3. The van der Waals surface area contributed by atoms with Gasteiger partial charge in [-0.05, 0) is 116 Å². The van der Waals surface area contributed by atoms with Crippen LogP contribution < -0.4 is 70.4 Å². The summed E-state index contributed by atoms with van der Waals surface area (Å²) in [7, 11) is 3.84. The van der Waals surface area contributed by atoms with Crippen molar-refractivity contribution in [1.29, 1.82) is 5.41 Å². The maximum absolute atomic E-state index is 16.1. The van der Waals surface area contributed by atoms with Crippen molar-refractivity contribution in [3.8, 4) is 5.75 Å². The number of aromatic nitrogens is 3. The van der Waals surface area contributed by atoms with Crippen molar-refractivity contribution in [2.45, 2.75) is 235 Å². The van der Waals surface area contributed by atoms with E-state index in [1.165, 1.54) is 74.0 Å². The van der Waals surface area contributed by atoms with Crippen LogP contribution in [0.2, 0.25) is 0 Å². The molecule has 21 N–H and O–H groups in total. The molecule has 2 unspecified atom stereocenters. The Bertz CT molecular complexity index is 5310. The van der Waals surface area contributed by atoms with Crippen LogP contribution in [0.1, 0.15) is 147 Å². The Morgan fingerprint density at radius 2 is 1.22 bits per heavy atom. The topological polar surface area (TPSA) is 614 Å². The molecule has 3 saturated heterocycles. The first kappa shape index (κ1) is 107. The summed E-state index contributed by atoms with van der Waals surface area (Å²) in [6, 6.07) is -1.61. The van der Waals surface area contributed by atoms with Crippen LogP contribution >= 0.6 is 23.1 Å². The Morgan fingerprint density at radius 3 is 1.88 bits per heavy atom. The number of amides is 16. The molecule has 16 amide bonds. The number of H-pyrrole nitrogens is 2. The highest BCUT2D eigenvalue weighted by atomic mass is 32.2. The Kier molecular flexibility index (Phi) is 39.7. The number of phenols is 1. The smallest absolute Gasteiger partial charge is 0.267 e. The third kappa shape index (κ3) is 30.1. The number of phenolic OH excluding ortho intramolecular Hbond substituents is 1. The lowest BCUT2D eigenvalue weighted by Gasteiger charge is -2.36. The largest absolute Gasteiger partial charge is 0.508 e. The van der Waals surface area contributed by atoms with Gasteiger partial charge in [0.1, 0.15) is 78.3 Å². The van der Waals surface area contributed by atoms with E-state index in [4.69, 9.17) is 22.6 Å². The van der Waals surface area contributed by atoms with Crippen LogP contribution in [0.4, 0.5) is 8.78 Å². The Morgan fingerprint density at radius 1 is 0.606 bits per heavy atom. The number of halogens is 2. The van der Waals surface area contributed by atoms with E-state index in [1.54, 1.807) is 55.8 Å². The first-order valence-electron chi connectivity index (χ1n) is 45.7. The molecule has 137 heavy (non-hydrogen) atoms. The number of guanidine groups is 1. The third-order valence-electron chi connectivity index (χ3n) is 24.5. The zero-order valence-electron chi connectivity index (χ0n) is 77.9. The molecule has 3 aromatic heterocycles. The van der Waals surface area contributed by atoms with Crippen LogP contribution in [0.15, 0.2) is 96.9 Å². The highest BCUT2D eigenvalue weighted by molar-refractivity contribution is 8.00. The van der Waals surface area contributed by atoms with Crippen LogP contribution in [0.5, 0.6) is 5.75 Å². The number of nitrogens with one attached hydrogen (secondary N) is 13. The molecule has 3 aliphatic rings. The molecule has 744 valence electrons. The number of aliphatic hydroxyl groups is 1. The summed E-state index contributed by atoms with van der Waals surface area (Å²) in [5.41, 5.74) is 19.0. The highest BCUT2D eigenvalue weighted by Crippen LogP contribution is 2.35. The highest BCUT2D eigenvalue weighted by Gasteiger charge is 2.53. The molecule has 6 heterocycles. The standard InChI is InChI=1S/C92H126F2N22O19S2/c1-9-11-23-70-84(129)105-61(22-17-31-100-91(97)98)81(126)111-68(80(125)102-43-76(96)121)46-136-47-77(122)104-64(34-52-27-29-57(118)30-28-52)86(131)112(6)51(5)78(123)107-66(39-75(95)120)89(134)116-48-92(93,94)40-72(116)85(130)106-62(38-56-42-99-49-103-56)82(127)108-63(33-50(3)4)88(133)115-32-18-25-69(115)73(119)37-53(35-54-41-101-60-21-15-13-19-58(54)60)79(124)110-67(44-117)83(128)109-65(36-55-45-137-74-26-16-14-20-59(55)74)87(132)114(8)71(24-12-10-2)90(135)113(70)7/h13-16,19-21,26-30,41-42,45,49-51,53,61-72,101,117-118H,9-12,17-18,22-25,31-40,43-44,46-48H2,1-8H3,(H2,95,120)(H2,96,121)(H,99,103)(H,102,125)(H,104,122)(H,105,129)(H,106,130)(H,107,123)(H,108,127)(H,109,128)(H,110,124)(H,111,126)(H4,97,98,100)/t51-,53+,61-,62-,63-,64-,65-,66-,67-,68-,69-,70-,71?,72?/m0/s1. The number of aromatic amines is 2. The average molecular weight is 1950 g/mol. The fraction of sp³-hybridized carbons (Fsp3) is 0.533. The molecule has 0 radical (unpaired) electrons. The minimum atomic E-state index is -3.85. The van der Waals surface area contributed by atoms with Crippen LogP contribution in [0.25, 0.3) is 21.0 Å². The van der Waals surface area contributed by atoms with E-state index < -0.39 is 254 Å². The number of ketones is 1. The van der Waals surface area contributed by atoms with Gasteiger partial charge in [-0.3, -0.25) is 86.9 Å². The number of carbonyl (C=O) groups excluding carboxylic acids is 17. The minimum absolute atomic E-state index is 0.00189. The van der Waals surface area contributed by atoms with Crippen molar-refractivity contribution in [1.82, 2.24) is 92.6 Å². The lowest BCUT2D eigenvalue weighted by Crippen LogP contribution is -2.61. The predicted molar refractivity (Wildman–Crippen MR) is 503 cm³/mol. The van der Waals surface area contributed by atoms with Crippen LogP contribution in [0.3, 0.4) is 0 Å². The van der Waals surface area contributed by atoms with Gasteiger partial charge in [-0.15, -0.1) is 23.1 Å². The van der Waals surface area contributed by atoms with Crippen molar-refractivity contribution in [2.24, 2.45) is 29.0 Å². The molecule has 9 rings (SSSR count). The molecule has 3 fully saturated rings. The van der Waals surface area contributed by atoms with E-state index in [0.29, 0.717) is 63.6 Å². The van der Waals surface area contributed by atoms with Crippen LogP contribution in [-0.4, -0.2) is 306 Å². The SMILES string of the molecule is CCCCC1C(=O)N(C)[C@@H](CCCC)C(=O)N[C@@H](CCCNC(=N)N)C(=O)N[C@H](C(=O)NCC(N)=O)CSCC(=O)N[C@@H](Cc2ccc(O)cc2)C(=O)N(C)[C@@H](C)C(=O)N[C@@H](CC(N)=O)C(=O)N2CC(F)(F)CC2C(=O)N[C@@H](Cc2cnc[nH]2)C(=O)N[C@@H](CC(C)C)C(=O)N2CCC[C@H]2C(=O)C[C@@H](Cc2c[nH]c3ccccc23)C(=O)N[C@@H](CO)C(=O)N[C@@H](Cc2csc3ccccc23)C(=O)N1C. The first-order chi connectivity index (χ1) is 65.1. The van der Waals surface area contributed by atoms with E-state index >= 15 is 47.1 Å². The number of carbonyl (C=O) groups is 17. The fourth-order valence-corrected chi connectivity index (χ4v) is 18.8. The maximum atomic E-state index is 16.1. The number of hydrogen-bond donors (Lipinski definition) is 18. The van der Waals surface area contributed by atoms with Gasteiger partial charge in [0, 0.05) is 112 Å². The number of fused-ring (bicyclic) bond motifs is 4. The van der Waals surface area contributed by atoms with Crippen LogP contribution in [-0.2, 0) is 107 Å². The van der Waals surface area contributed by atoms with Crippen molar-refractivity contribution in [3.05, 3.63) is 119 Å². The second-order valence-electron chi connectivity index (χ2n) is 35.3. The molecule has 0 aliphatic carbocycles. The van der Waals surface area contributed by atoms with E-state index in [0.717, 1.165) is 38.2 Å². The number of imidazole rings is 1. The summed E-state index contributed by atoms with van der Waals surface area (Å²) in [5, 5.41) is 58.3. The van der Waals surface area contributed by atoms with Gasteiger partial charge in [-0.2, -0.15) is 0 Å². The Hall–Kier alpha value is -13.2. The van der Waals surface area contributed by atoms with Gasteiger partial charge in [0.05, 0.1) is 44.2 Å². The Labute approximate surface area is 798 Å². The molecule has 41 nitrogen and oxygen atoms in total. The normalized spacial score (nSPS) is 24.5. The first-order valence-corrected chi connectivity index (χ1v) is 47.7. The quantitative estimate of drug-likeness (QED) is 0.0195.